The molecule has 110 valence electrons. The Morgan fingerprint density at radius 2 is 1.86 bits per heavy atom. The van der Waals surface area contributed by atoms with Crippen molar-refractivity contribution in [1.29, 1.82) is 0 Å². The van der Waals surface area contributed by atoms with E-state index in [1.165, 1.54) is 18.2 Å². The Kier molecular flexibility index (Phi) is 4.43. The molecule has 2 rings (SSSR count). The standard InChI is InChI=1S/C12H13FN6OS/c13-6-1-2-8(7(14)3-6)17-11(20)5-21-12-18-9(15)4-10(16)19-12/h1-4H,5,14H2,(H,17,20)(H4,15,16,18,19). The minimum Gasteiger partial charge on any atom is -0.397 e. The number of nitrogens with zero attached hydrogens (tertiary/aromatic N) is 2. The first-order valence-electron chi connectivity index (χ1n) is 5.82. The lowest BCUT2D eigenvalue weighted by molar-refractivity contribution is -0.113. The van der Waals surface area contributed by atoms with Crippen molar-refractivity contribution >= 4 is 40.7 Å². The van der Waals surface area contributed by atoms with Crippen LogP contribution in [0.3, 0.4) is 0 Å². The van der Waals surface area contributed by atoms with Crippen molar-refractivity contribution in [2.24, 2.45) is 0 Å². The zero-order chi connectivity index (χ0) is 15.4. The van der Waals surface area contributed by atoms with Crippen LogP contribution in [0, 0.1) is 5.82 Å². The van der Waals surface area contributed by atoms with E-state index in [0.717, 1.165) is 17.8 Å². The first kappa shape index (κ1) is 14.9. The summed E-state index contributed by atoms with van der Waals surface area (Å²) in [5, 5.41) is 2.87. The fourth-order valence-corrected chi connectivity index (χ4v) is 2.16. The largest absolute Gasteiger partial charge is 0.397 e. The van der Waals surface area contributed by atoms with E-state index in [2.05, 4.69) is 15.3 Å². The molecule has 0 saturated carbocycles. The highest BCUT2D eigenvalue weighted by Gasteiger charge is 2.09. The minimum absolute atomic E-state index is 0.0414. The third-order valence-corrected chi connectivity index (χ3v) is 3.21. The van der Waals surface area contributed by atoms with E-state index in [-0.39, 0.29) is 29.0 Å². The lowest BCUT2D eigenvalue weighted by atomic mass is 10.2. The van der Waals surface area contributed by atoms with E-state index < -0.39 is 5.82 Å². The van der Waals surface area contributed by atoms with Crippen LogP contribution in [0.5, 0.6) is 0 Å². The number of hydrogen-bond acceptors (Lipinski definition) is 7. The summed E-state index contributed by atoms with van der Waals surface area (Å²) in [5.74, 6) is -0.299. The van der Waals surface area contributed by atoms with Gasteiger partial charge in [-0.2, -0.15) is 0 Å². The monoisotopic (exact) mass is 308 g/mol. The number of hydrogen-bond donors (Lipinski definition) is 4. The molecule has 1 aromatic heterocycles. The predicted octanol–water partition coefficient (Wildman–Crippen LogP) is 1.09. The van der Waals surface area contributed by atoms with E-state index in [1.807, 2.05) is 0 Å². The molecule has 21 heavy (non-hydrogen) atoms. The van der Waals surface area contributed by atoms with Crippen molar-refractivity contribution in [2.75, 3.05) is 28.3 Å². The molecule has 9 heteroatoms. The zero-order valence-corrected chi connectivity index (χ0v) is 11.7. The lowest BCUT2D eigenvalue weighted by Gasteiger charge is -2.08. The second-order valence-electron chi connectivity index (χ2n) is 4.07. The number of thioether (sulfide) groups is 1. The SMILES string of the molecule is Nc1cc(N)nc(SCC(=O)Nc2ccc(F)cc2N)n1. The molecule has 0 unspecified atom stereocenters. The van der Waals surface area contributed by atoms with Gasteiger partial charge in [-0.25, -0.2) is 14.4 Å². The number of anilines is 4. The van der Waals surface area contributed by atoms with E-state index in [9.17, 15) is 9.18 Å². The van der Waals surface area contributed by atoms with Gasteiger partial charge in [0.1, 0.15) is 17.5 Å². The van der Waals surface area contributed by atoms with Crippen LogP contribution in [0.1, 0.15) is 0 Å². The molecule has 0 saturated heterocycles. The smallest absolute Gasteiger partial charge is 0.234 e. The summed E-state index contributed by atoms with van der Waals surface area (Å²) in [6.07, 6.45) is 0. The van der Waals surface area contributed by atoms with Crippen LogP contribution in [0.4, 0.5) is 27.4 Å². The van der Waals surface area contributed by atoms with Gasteiger partial charge in [-0.05, 0) is 18.2 Å². The summed E-state index contributed by atoms with van der Waals surface area (Å²) in [6.45, 7) is 0. The second-order valence-corrected chi connectivity index (χ2v) is 5.01. The fraction of sp³-hybridized carbons (Fsp3) is 0.0833. The number of aromatic nitrogens is 2. The Morgan fingerprint density at radius 3 is 2.48 bits per heavy atom. The zero-order valence-electron chi connectivity index (χ0n) is 10.8. The Balaban J connectivity index is 1.95. The number of rotatable bonds is 4. The third kappa shape index (κ3) is 4.21. The van der Waals surface area contributed by atoms with Crippen molar-refractivity contribution in [3.63, 3.8) is 0 Å². The van der Waals surface area contributed by atoms with E-state index in [4.69, 9.17) is 17.2 Å². The van der Waals surface area contributed by atoms with Crippen LogP contribution >= 0.6 is 11.8 Å². The van der Waals surface area contributed by atoms with Gasteiger partial charge in [0.05, 0.1) is 17.1 Å². The van der Waals surface area contributed by atoms with E-state index >= 15 is 0 Å². The summed E-state index contributed by atoms with van der Waals surface area (Å²) >= 11 is 1.08. The van der Waals surface area contributed by atoms with Gasteiger partial charge >= 0.3 is 0 Å². The molecule has 0 fully saturated rings. The van der Waals surface area contributed by atoms with Crippen LogP contribution in [0.15, 0.2) is 29.4 Å². The average molecular weight is 308 g/mol. The van der Waals surface area contributed by atoms with Crippen molar-refractivity contribution in [2.45, 2.75) is 5.16 Å². The van der Waals surface area contributed by atoms with E-state index in [0.29, 0.717) is 10.8 Å². The number of amides is 1. The van der Waals surface area contributed by atoms with Crippen molar-refractivity contribution < 1.29 is 9.18 Å². The highest BCUT2D eigenvalue weighted by molar-refractivity contribution is 7.99. The summed E-state index contributed by atoms with van der Waals surface area (Å²) in [6, 6.07) is 5.15. The van der Waals surface area contributed by atoms with Gasteiger partial charge in [-0.15, -0.1) is 0 Å². The number of benzene rings is 1. The Labute approximate surface area is 124 Å². The predicted molar refractivity (Wildman–Crippen MR) is 81.0 cm³/mol. The molecular weight excluding hydrogens is 295 g/mol. The molecule has 2 aromatic rings. The van der Waals surface area contributed by atoms with Gasteiger partial charge in [0.2, 0.25) is 5.91 Å². The maximum Gasteiger partial charge on any atom is 0.234 e. The van der Waals surface area contributed by atoms with Crippen LogP contribution in [0.2, 0.25) is 0 Å². The Hall–Kier alpha value is -2.55. The highest BCUT2D eigenvalue weighted by Crippen LogP contribution is 2.20. The number of halogens is 1. The first-order chi connectivity index (χ1) is 9.94. The van der Waals surface area contributed by atoms with Crippen molar-refractivity contribution in [3.8, 4) is 0 Å². The fourth-order valence-electron chi connectivity index (χ4n) is 1.49. The highest BCUT2D eigenvalue weighted by atomic mass is 32.2. The van der Waals surface area contributed by atoms with Crippen LogP contribution in [-0.4, -0.2) is 21.6 Å². The average Bonchev–Trinajstić information content (AvgIpc) is 2.39. The molecule has 7 nitrogen and oxygen atoms in total. The number of nitrogens with one attached hydrogen (secondary N) is 1. The molecule has 0 spiro atoms. The summed E-state index contributed by atoms with van der Waals surface area (Å²) in [7, 11) is 0. The lowest BCUT2D eigenvalue weighted by Crippen LogP contribution is -2.15. The third-order valence-electron chi connectivity index (χ3n) is 2.37. The molecule has 0 aliphatic carbocycles. The van der Waals surface area contributed by atoms with Crippen LogP contribution < -0.4 is 22.5 Å². The Morgan fingerprint density at radius 1 is 1.19 bits per heavy atom. The first-order valence-corrected chi connectivity index (χ1v) is 6.80. The number of nitrogen functional groups attached to an aromatic ring is 3. The van der Waals surface area contributed by atoms with Gasteiger partial charge in [0.25, 0.3) is 0 Å². The second kappa shape index (κ2) is 6.27. The van der Waals surface area contributed by atoms with Crippen molar-refractivity contribution in [1.82, 2.24) is 9.97 Å². The van der Waals surface area contributed by atoms with Crippen LogP contribution in [-0.2, 0) is 4.79 Å². The minimum atomic E-state index is -0.469. The number of carbonyl (C=O) groups is 1. The van der Waals surface area contributed by atoms with Gasteiger partial charge in [-0.1, -0.05) is 11.8 Å². The maximum absolute atomic E-state index is 12.9. The molecule has 1 heterocycles. The molecule has 1 amide bonds. The van der Waals surface area contributed by atoms with Crippen LogP contribution in [0.25, 0.3) is 0 Å². The van der Waals surface area contributed by atoms with Gasteiger partial charge < -0.3 is 22.5 Å². The molecule has 0 aliphatic heterocycles. The molecule has 7 N–H and O–H groups in total. The number of carbonyl (C=O) groups excluding carboxylic acids is 1. The molecule has 0 aliphatic rings. The normalized spacial score (nSPS) is 10.3. The van der Waals surface area contributed by atoms with Gasteiger partial charge in [0, 0.05) is 6.07 Å². The molecule has 1 aromatic carbocycles. The van der Waals surface area contributed by atoms with Gasteiger partial charge in [-0.3, -0.25) is 4.79 Å². The van der Waals surface area contributed by atoms with E-state index in [1.54, 1.807) is 0 Å². The maximum atomic E-state index is 12.9. The Bertz CT molecular complexity index is 661. The summed E-state index contributed by atoms with van der Waals surface area (Å²) in [5.41, 5.74) is 17.1. The molecule has 0 radical (unpaired) electrons. The molecule has 0 bridgehead atoms. The van der Waals surface area contributed by atoms with Crippen molar-refractivity contribution in [3.05, 3.63) is 30.1 Å². The molecular formula is C12H13FN6OS. The summed E-state index contributed by atoms with van der Waals surface area (Å²) in [4.78, 5) is 19.7. The molecule has 0 atom stereocenters. The topological polar surface area (TPSA) is 133 Å². The number of nitrogens with two attached hydrogens (primary N) is 3. The van der Waals surface area contributed by atoms with Gasteiger partial charge in [0.15, 0.2) is 5.16 Å². The summed E-state index contributed by atoms with van der Waals surface area (Å²) < 4.78 is 12.9. The quantitative estimate of drug-likeness (QED) is 0.377.